The molecule has 2 aliphatic rings. The molecule has 0 amide bonds. The van der Waals surface area contributed by atoms with Crippen molar-refractivity contribution in [3.63, 3.8) is 0 Å². The van der Waals surface area contributed by atoms with E-state index < -0.39 is 0 Å². The van der Waals surface area contributed by atoms with E-state index in [2.05, 4.69) is 23.1 Å². The van der Waals surface area contributed by atoms with Crippen LogP contribution in [0, 0.1) is 0 Å². The molecule has 0 atom stereocenters. The molecule has 2 nitrogen and oxygen atoms in total. The van der Waals surface area contributed by atoms with Gasteiger partial charge in [0.15, 0.2) is 0 Å². The van der Waals surface area contributed by atoms with Crippen LogP contribution in [0.1, 0.15) is 41.4 Å². The summed E-state index contributed by atoms with van der Waals surface area (Å²) in [6.07, 6.45) is 2.50. The number of aliphatic hydroxyl groups is 1. The maximum atomic E-state index is 9.51. The van der Waals surface area contributed by atoms with E-state index in [1.165, 1.54) is 24.0 Å². The summed E-state index contributed by atoms with van der Waals surface area (Å²) in [5.41, 5.74) is 4.74. The van der Waals surface area contributed by atoms with Gasteiger partial charge in [-0.25, -0.2) is 0 Å². The zero-order chi connectivity index (χ0) is 16.0. The highest BCUT2D eigenvalue weighted by Gasteiger charge is 2.32. The Morgan fingerprint density at radius 2 is 1.70 bits per heavy atom. The van der Waals surface area contributed by atoms with E-state index in [-0.39, 0.29) is 6.61 Å². The Labute approximate surface area is 146 Å². The van der Waals surface area contributed by atoms with Gasteiger partial charge in [-0.1, -0.05) is 47.5 Å². The zero-order valence-corrected chi connectivity index (χ0v) is 14.3. The average Bonchev–Trinajstić information content (AvgIpc) is 3.33. The third-order valence-electron chi connectivity index (χ3n) is 4.96. The van der Waals surface area contributed by atoms with Crippen molar-refractivity contribution in [3.05, 3.63) is 63.1 Å². The fraction of sp³-hybridized carbons (Fsp3) is 0.368. The Balaban J connectivity index is 1.53. The molecule has 0 spiro atoms. The van der Waals surface area contributed by atoms with Crippen LogP contribution in [0.3, 0.4) is 0 Å². The first-order chi connectivity index (χ1) is 11.2. The van der Waals surface area contributed by atoms with E-state index in [0.29, 0.717) is 21.9 Å². The minimum Gasteiger partial charge on any atom is -0.392 e. The summed E-state index contributed by atoms with van der Waals surface area (Å²) in [4.78, 5) is 2.24. The number of nitrogens with zero attached hydrogens (tertiary/aromatic N) is 1. The smallest absolute Gasteiger partial charge is 0.0745 e. The van der Waals surface area contributed by atoms with Gasteiger partial charge in [0, 0.05) is 19.0 Å². The number of benzene rings is 2. The van der Waals surface area contributed by atoms with Crippen molar-refractivity contribution in [2.75, 3.05) is 18.0 Å². The maximum Gasteiger partial charge on any atom is 0.0745 e. The Morgan fingerprint density at radius 3 is 2.30 bits per heavy atom. The summed E-state index contributed by atoms with van der Waals surface area (Å²) in [7, 11) is 0. The largest absolute Gasteiger partial charge is 0.392 e. The van der Waals surface area contributed by atoms with Crippen LogP contribution in [-0.4, -0.2) is 18.2 Å². The van der Waals surface area contributed by atoms with Crippen LogP contribution in [0.4, 0.5) is 5.69 Å². The summed E-state index contributed by atoms with van der Waals surface area (Å²) >= 11 is 12.6. The molecule has 1 heterocycles. The van der Waals surface area contributed by atoms with Crippen molar-refractivity contribution in [1.82, 2.24) is 0 Å². The normalized spacial score (nSPS) is 18.1. The van der Waals surface area contributed by atoms with Crippen molar-refractivity contribution < 1.29 is 5.11 Å². The van der Waals surface area contributed by atoms with Gasteiger partial charge in [0.05, 0.1) is 22.3 Å². The van der Waals surface area contributed by atoms with Crippen LogP contribution in [0.5, 0.6) is 0 Å². The molecule has 2 aromatic carbocycles. The monoisotopic (exact) mass is 347 g/mol. The van der Waals surface area contributed by atoms with Crippen LogP contribution < -0.4 is 4.90 Å². The zero-order valence-electron chi connectivity index (χ0n) is 12.8. The highest BCUT2D eigenvalue weighted by molar-refractivity contribution is 6.39. The second kappa shape index (κ2) is 6.01. The molecule has 1 saturated carbocycles. The third kappa shape index (κ3) is 2.84. The van der Waals surface area contributed by atoms with Crippen molar-refractivity contribution >= 4 is 28.9 Å². The minimum atomic E-state index is 0.137. The fourth-order valence-electron chi connectivity index (χ4n) is 3.45. The van der Waals surface area contributed by atoms with Crippen molar-refractivity contribution in [2.24, 2.45) is 0 Å². The summed E-state index contributed by atoms with van der Waals surface area (Å²) < 4.78 is 0. The maximum absolute atomic E-state index is 9.51. The summed E-state index contributed by atoms with van der Waals surface area (Å²) in [5.74, 6) is 1.17. The molecule has 0 radical (unpaired) electrons. The predicted octanol–water partition coefficient (Wildman–Crippen LogP) is 4.97. The molecule has 2 fully saturated rings. The van der Waals surface area contributed by atoms with E-state index in [4.69, 9.17) is 23.2 Å². The number of para-hydroxylation sites is 1. The van der Waals surface area contributed by atoms with Crippen molar-refractivity contribution in [1.29, 1.82) is 0 Å². The number of halogens is 2. The molecule has 1 N–H and O–H groups in total. The van der Waals surface area contributed by atoms with E-state index in [0.717, 1.165) is 24.3 Å². The first-order valence-corrected chi connectivity index (χ1v) is 8.85. The number of aliphatic hydroxyl groups excluding tert-OH is 1. The molecule has 4 rings (SSSR count). The minimum absolute atomic E-state index is 0.137. The van der Waals surface area contributed by atoms with Gasteiger partial charge in [-0.2, -0.15) is 0 Å². The number of hydrogen-bond acceptors (Lipinski definition) is 2. The second-order valence-corrected chi connectivity index (χ2v) is 7.38. The third-order valence-corrected chi connectivity index (χ3v) is 5.57. The van der Waals surface area contributed by atoms with Crippen molar-refractivity contribution in [3.8, 4) is 0 Å². The molecule has 2 aromatic rings. The second-order valence-electron chi connectivity index (χ2n) is 6.56. The van der Waals surface area contributed by atoms with E-state index >= 15 is 0 Å². The van der Waals surface area contributed by atoms with Crippen LogP contribution in [0.2, 0.25) is 10.0 Å². The Bertz CT molecular complexity index is 716. The predicted molar refractivity (Wildman–Crippen MR) is 95.8 cm³/mol. The van der Waals surface area contributed by atoms with Crippen LogP contribution in [0.25, 0.3) is 0 Å². The number of anilines is 1. The highest BCUT2D eigenvalue weighted by atomic mass is 35.5. The molecule has 1 aliphatic carbocycles. The Kier molecular flexibility index (Phi) is 4.00. The Hall–Kier alpha value is -1.22. The topological polar surface area (TPSA) is 23.5 Å². The summed E-state index contributed by atoms with van der Waals surface area (Å²) in [6.45, 7) is 2.01. The van der Waals surface area contributed by atoms with Gasteiger partial charge in [0.2, 0.25) is 0 Å². The molecule has 120 valence electrons. The van der Waals surface area contributed by atoms with E-state index in [1.54, 1.807) is 0 Å². The molecule has 4 heteroatoms. The molecule has 1 saturated heterocycles. The molecule has 0 bridgehead atoms. The molecule has 23 heavy (non-hydrogen) atoms. The summed E-state index contributed by atoms with van der Waals surface area (Å²) in [5, 5.41) is 10.9. The molecule has 0 aromatic heterocycles. The SMILES string of the molecule is OCc1ccc(C2CN(c3c(Cl)cccc3Cl)C2)cc1C1CC1. The van der Waals surface area contributed by atoms with E-state index in [9.17, 15) is 5.11 Å². The molecular weight excluding hydrogens is 329 g/mol. The lowest BCUT2D eigenvalue weighted by Gasteiger charge is -2.42. The lowest BCUT2D eigenvalue weighted by molar-refractivity contribution is 0.280. The number of rotatable bonds is 4. The average molecular weight is 348 g/mol. The first kappa shape index (κ1) is 15.3. The van der Waals surface area contributed by atoms with Gasteiger partial charge in [-0.05, 0) is 47.6 Å². The quantitative estimate of drug-likeness (QED) is 0.844. The van der Waals surface area contributed by atoms with Gasteiger partial charge in [-0.3, -0.25) is 0 Å². The lowest BCUT2D eigenvalue weighted by atomic mass is 9.88. The Morgan fingerprint density at radius 1 is 1.00 bits per heavy atom. The first-order valence-electron chi connectivity index (χ1n) is 8.10. The van der Waals surface area contributed by atoms with Gasteiger partial charge < -0.3 is 10.0 Å². The lowest BCUT2D eigenvalue weighted by Crippen LogP contribution is -2.45. The summed E-state index contributed by atoms with van der Waals surface area (Å²) in [6, 6.07) is 12.2. The van der Waals surface area contributed by atoms with Gasteiger partial charge in [-0.15, -0.1) is 0 Å². The standard InChI is InChI=1S/C19H19Cl2NO/c20-17-2-1-3-18(21)19(17)22-9-15(10-22)13-6-7-14(11-23)16(8-13)12-4-5-12/h1-3,6-8,12,15,23H,4-5,9-11H2. The van der Waals surface area contributed by atoms with Gasteiger partial charge in [0.1, 0.15) is 0 Å². The van der Waals surface area contributed by atoms with Crippen LogP contribution >= 0.6 is 23.2 Å². The van der Waals surface area contributed by atoms with Gasteiger partial charge in [0.25, 0.3) is 0 Å². The van der Waals surface area contributed by atoms with Crippen molar-refractivity contribution in [2.45, 2.75) is 31.3 Å². The van der Waals surface area contributed by atoms with Crippen LogP contribution in [-0.2, 0) is 6.61 Å². The number of hydrogen-bond donors (Lipinski definition) is 1. The highest BCUT2D eigenvalue weighted by Crippen LogP contribution is 2.44. The fourth-order valence-corrected chi connectivity index (χ4v) is 4.09. The molecular formula is C19H19Cl2NO. The van der Waals surface area contributed by atoms with E-state index in [1.807, 2.05) is 18.2 Å². The molecule has 1 aliphatic heterocycles. The van der Waals surface area contributed by atoms with Crippen LogP contribution in [0.15, 0.2) is 36.4 Å². The van der Waals surface area contributed by atoms with Gasteiger partial charge >= 0.3 is 0 Å². The molecule has 0 unspecified atom stereocenters.